The number of aliphatic hydroxyl groups excluding tert-OH is 1. The summed E-state index contributed by atoms with van der Waals surface area (Å²) in [4.78, 5) is 24.2. The first-order valence-electron chi connectivity index (χ1n) is 19.2. The van der Waals surface area contributed by atoms with Crippen LogP contribution in [-0.2, 0) is 19.1 Å². The van der Waals surface area contributed by atoms with Crippen LogP contribution in [-0.4, -0.2) is 36.4 Å². The van der Waals surface area contributed by atoms with Gasteiger partial charge in [0.05, 0.1) is 6.61 Å². The summed E-state index contributed by atoms with van der Waals surface area (Å²) in [6.45, 7) is 4.14. The maximum absolute atomic E-state index is 12.1. The number of hydrogen-bond acceptors (Lipinski definition) is 5. The van der Waals surface area contributed by atoms with Crippen molar-refractivity contribution >= 4 is 11.9 Å². The zero-order valence-electron chi connectivity index (χ0n) is 29.4. The average molecular weight is 623 g/mol. The summed E-state index contributed by atoms with van der Waals surface area (Å²) in [6, 6.07) is 0. The summed E-state index contributed by atoms with van der Waals surface area (Å²) in [7, 11) is 0. The lowest BCUT2D eigenvalue weighted by atomic mass is 10.0. The molecule has 0 amide bonds. The molecular formula is C39H74O5. The summed E-state index contributed by atoms with van der Waals surface area (Å²) < 4.78 is 10.6. The molecule has 260 valence electrons. The van der Waals surface area contributed by atoms with Crippen molar-refractivity contribution in [1.82, 2.24) is 0 Å². The van der Waals surface area contributed by atoms with Gasteiger partial charge in [0.2, 0.25) is 0 Å². The van der Waals surface area contributed by atoms with Gasteiger partial charge in [0.25, 0.3) is 0 Å². The van der Waals surface area contributed by atoms with Crippen LogP contribution in [0.4, 0.5) is 0 Å². The Morgan fingerprint density at radius 2 is 0.841 bits per heavy atom. The largest absolute Gasteiger partial charge is 0.462 e. The summed E-state index contributed by atoms with van der Waals surface area (Å²) >= 11 is 0. The van der Waals surface area contributed by atoms with E-state index in [1.807, 2.05) is 0 Å². The van der Waals surface area contributed by atoms with Crippen molar-refractivity contribution in [3.05, 3.63) is 12.2 Å². The average Bonchev–Trinajstić information content (AvgIpc) is 3.02. The molecule has 0 aliphatic rings. The third kappa shape index (κ3) is 33.5. The molecule has 0 heterocycles. The number of aliphatic hydroxyl groups is 1. The Balaban J connectivity index is 3.53. The topological polar surface area (TPSA) is 72.8 Å². The monoisotopic (exact) mass is 623 g/mol. The Hall–Kier alpha value is -1.36. The highest BCUT2D eigenvalue weighted by molar-refractivity contribution is 5.70. The highest BCUT2D eigenvalue weighted by Crippen LogP contribution is 2.14. The molecule has 0 aromatic carbocycles. The first-order chi connectivity index (χ1) is 21.6. The molecule has 0 aliphatic heterocycles. The van der Waals surface area contributed by atoms with Gasteiger partial charge in [0.15, 0.2) is 6.10 Å². The van der Waals surface area contributed by atoms with E-state index < -0.39 is 6.10 Å². The number of unbranched alkanes of at least 4 members (excludes halogenated alkanes) is 25. The van der Waals surface area contributed by atoms with E-state index >= 15 is 0 Å². The molecule has 0 spiro atoms. The van der Waals surface area contributed by atoms with Crippen molar-refractivity contribution in [2.24, 2.45) is 0 Å². The van der Waals surface area contributed by atoms with Crippen LogP contribution in [0.3, 0.4) is 0 Å². The van der Waals surface area contributed by atoms with E-state index in [0.29, 0.717) is 12.8 Å². The molecule has 0 aliphatic carbocycles. The molecule has 0 saturated heterocycles. The van der Waals surface area contributed by atoms with Crippen LogP contribution >= 0.6 is 0 Å². The number of esters is 2. The van der Waals surface area contributed by atoms with E-state index in [2.05, 4.69) is 26.0 Å². The van der Waals surface area contributed by atoms with E-state index in [1.165, 1.54) is 141 Å². The van der Waals surface area contributed by atoms with Gasteiger partial charge in [-0.15, -0.1) is 0 Å². The molecule has 0 bridgehead atoms. The molecule has 0 aromatic rings. The van der Waals surface area contributed by atoms with Crippen molar-refractivity contribution in [2.75, 3.05) is 13.2 Å². The SMILES string of the molecule is CCCCCCCCC/C=C\CCCCCCCCCC(=O)OC(CO)COC(=O)CCCCCCCCCCCCCC. The normalized spacial score (nSPS) is 12.2. The molecule has 5 nitrogen and oxygen atoms in total. The Kier molecular flexibility index (Phi) is 35.0. The van der Waals surface area contributed by atoms with Crippen molar-refractivity contribution < 1.29 is 24.2 Å². The number of rotatable bonds is 35. The van der Waals surface area contributed by atoms with Crippen LogP contribution in [0.1, 0.15) is 206 Å². The maximum Gasteiger partial charge on any atom is 0.306 e. The fraction of sp³-hybridized carbons (Fsp3) is 0.897. The Morgan fingerprint density at radius 3 is 1.23 bits per heavy atom. The summed E-state index contributed by atoms with van der Waals surface area (Å²) in [6.07, 6.45) is 39.8. The van der Waals surface area contributed by atoms with Gasteiger partial charge < -0.3 is 14.6 Å². The molecule has 1 N–H and O–H groups in total. The molecule has 0 fully saturated rings. The molecule has 0 rings (SSSR count). The number of ether oxygens (including phenoxy) is 2. The second-order valence-electron chi connectivity index (χ2n) is 13.0. The van der Waals surface area contributed by atoms with E-state index in [1.54, 1.807) is 0 Å². The minimum absolute atomic E-state index is 0.0619. The van der Waals surface area contributed by atoms with Crippen molar-refractivity contribution in [2.45, 2.75) is 213 Å². The van der Waals surface area contributed by atoms with E-state index in [9.17, 15) is 14.7 Å². The van der Waals surface area contributed by atoms with Crippen molar-refractivity contribution in [3.8, 4) is 0 Å². The van der Waals surface area contributed by atoms with Gasteiger partial charge in [-0.05, 0) is 38.5 Å². The molecule has 0 saturated carbocycles. The Labute approximate surface area is 273 Å². The summed E-state index contributed by atoms with van der Waals surface area (Å²) in [5.74, 6) is -0.588. The number of carbonyl (C=O) groups is 2. The minimum atomic E-state index is -0.766. The molecular weight excluding hydrogens is 548 g/mol. The summed E-state index contributed by atoms with van der Waals surface area (Å²) in [5.41, 5.74) is 0. The quantitative estimate of drug-likeness (QED) is 0.0432. The molecule has 5 heteroatoms. The molecule has 1 atom stereocenters. The number of allylic oxidation sites excluding steroid dienone is 2. The third-order valence-electron chi connectivity index (χ3n) is 8.56. The van der Waals surface area contributed by atoms with Gasteiger partial charge in [-0.1, -0.05) is 167 Å². The van der Waals surface area contributed by atoms with Gasteiger partial charge in [-0.3, -0.25) is 9.59 Å². The zero-order valence-corrected chi connectivity index (χ0v) is 29.4. The van der Waals surface area contributed by atoms with Gasteiger partial charge in [0.1, 0.15) is 6.61 Å². The summed E-state index contributed by atoms with van der Waals surface area (Å²) in [5, 5.41) is 9.53. The Morgan fingerprint density at radius 1 is 0.500 bits per heavy atom. The molecule has 0 aromatic heterocycles. The predicted octanol–water partition coefficient (Wildman–Crippen LogP) is 11.7. The number of hydrogen-bond donors (Lipinski definition) is 1. The van der Waals surface area contributed by atoms with E-state index in [0.717, 1.165) is 38.5 Å². The van der Waals surface area contributed by atoms with Gasteiger partial charge >= 0.3 is 11.9 Å². The first kappa shape index (κ1) is 42.6. The highest BCUT2D eigenvalue weighted by atomic mass is 16.6. The Bertz CT molecular complexity index is 632. The smallest absolute Gasteiger partial charge is 0.306 e. The van der Waals surface area contributed by atoms with Crippen molar-refractivity contribution in [1.29, 1.82) is 0 Å². The lowest BCUT2D eigenvalue weighted by Crippen LogP contribution is -2.28. The van der Waals surface area contributed by atoms with Crippen LogP contribution in [0.5, 0.6) is 0 Å². The maximum atomic E-state index is 12.1. The minimum Gasteiger partial charge on any atom is -0.462 e. The molecule has 44 heavy (non-hydrogen) atoms. The second kappa shape index (κ2) is 36.1. The van der Waals surface area contributed by atoms with Crippen LogP contribution < -0.4 is 0 Å². The molecule has 0 radical (unpaired) electrons. The van der Waals surface area contributed by atoms with Gasteiger partial charge in [0, 0.05) is 12.8 Å². The first-order valence-corrected chi connectivity index (χ1v) is 19.2. The second-order valence-corrected chi connectivity index (χ2v) is 13.0. The third-order valence-corrected chi connectivity index (χ3v) is 8.56. The van der Waals surface area contributed by atoms with E-state index in [-0.39, 0.29) is 25.2 Å². The molecule has 1 unspecified atom stereocenters. The standard InChI is InChI=1S/C39H74O5/c1-3-5-7-9-11-13-15-17-18-19-20-21-22-24-26-28-30-32-34-39(42)44-37(35-40)36-43-38(41)33-31-29-27-25-23-16-14-12-10-8-6-4-2/h18-19,37,40H,3-17,20-36H2,1-2H3/b19-18-. The van der Waals surface area contributed by atoms with Gasteiger partial charge in [-0.2, -0.15) is 0 Å². The lowest BCUT2D eigenvalue weighted by molar-refractivity contribution is -0.161. The highest BCUT2D eigenvalue weighted by Gasteiger charge is 2.16. The van der Waals surface area contributed by atoms with Crippen LogP contribution in [0.25, 0.3) is 0 Å². The zero-order chi connectivity index (χ0) is 32.2. The van der Waals surface area contributed by atoms with Crippen LogP contribution in [0.15, 0.2) is 12.2 Å². The van der Waals surface area contributed by atoms with Gasteiger partial charge in [-0.25, -0.2) is 0 Å². The fourth-order valence-electron chi connectivity index (χ4n) is 5.61. The van der Waals surface area contributed by atoms with Crippen LogP contribution in [0.2, 0.25) is 0 Å². The lowest BCUT2D eigenvalue weighted by Gasteiger charge is -2.15. The van der Waals surface area contributed by atoms with Crippen LogP contribution in [0, 0.1) is 0 Å². The predicted molar refractivity (Wildman–Crippen MR) is 187 cm³/mol. The fourth-order valence-corrected chi connectivity index (χ4v) is 5.61. The number of carbonyl (C=O) groups excluding carboxylic acids is 2. The van der Waals surface area contributed by atoms with Crippen molar-refractivity contribution in [3.63, 3.8) is 0 Å². The van der Waals surface area contributed by atoms with E-state index in [4.69, 9.17) is 9.47 Å².